The Balaban J connectivity index is 2.32. The van der Waals surface area contributed by atoms with E-state index in [2.05, 4.69) is 10.3 Å². The van der Waals surface area contributed by atoms with Gasteiger partial charge in [0, 0.05) is 6.54 Å². The first-order valence-corrected chi connectivity index (χ1v) is 8.30. The maximum Gasteiger partial charge on any atom is 0.491 e. The summed E-state index contributed by atoms with van der Waals surface area (Å²) in [6.07, 6.45) is 1.85. The topological polar surface area (TPSA) is 80.7 Å². The molecular weight excluding hydrogens is 315 g/mol. The highest BCUT2D eigenvalue weighted by molar-refractivity contribution is 7.14. The van der Waals surface area contributed by atoms with Crippen molar-refractivity contribution in [1.82, 2.24) is 10.3 Å². The molecule has 0 amide bonds. The molecule has 0 spiro atoms. The van der Waals surface area contributed by atoms with Gasteiger partial charge in [0.25, 0.3) is 0 Å². The molecule has 126 valence electrons. The quantitative estimate of drug-likeness (QED) is 0.803. The van der Waals surface area contributed by atoms with Crippen molar-refractivity contribution in [2.75, 3.05) is 13.6 Å². The Bertz CT molecular complexity index is 623. The number of thiazole rings is 1. The molecule has 1 aliphatic heterocycles. The normalized spacial score (nSPS) is 20.1. The summed E-state index contributed by atoms with van der Waals surface area (Å²) in [4.78, 5) is 15.7. The highest BCUT2D eigenvalue weighted by atomic mass is 32.1. The standard InChI is InChI=1S/C15H23BN2O4S/c1-9-12(13(19)20)23-11(18-9)7-10(8-17-6)16-21-14(2,3)15(4,5)22-16/h7,17H,8H2,1-6H3,(H,19,20). The summed E-state index contributed by atoms with van der Waals surface area (Å²) in [7, 11) is 1.36. The van der Waals surface area contributed by atoms with Gasteiger partial charge in [0.1, 0.15) is 9.88 Å². The van der Waals surface area contributed by atoms with Crippen molar-refractivity contribution in [1.29, 1.82) is 0 Å². The Kier molecular flexibility index (Phi) is 5.01. The second-order valence-electron chi connectivity index (χ2n) is 6.61. The number of nitrogens with one attached hydrogen (secondary N) is 1. The predicted molar refractivity (Wildman–Crippen MR) is 91.8 cm³/mol. The van der Waals surface area contributed by atoms with Gasteiger partial charge in [-0.15, -0.1) is 11.3 Å². The maximum absolute atomic E-state index is 11.2. The number of carboxylic acids is 1. The van der Waals surface area contributed by atoms with Crippen LogP contribution in [0.15, 0.2) is 5.47 Å². The van der Waals surface area contributed by atoms with E-state index >= 15 is 0 Å². The van der Waals surface area contributed by atoms with Crippen LogP contribution in [-0.4, -0.2) is 48.0 Å². The molecule has 1 fully saturated rings. The van der Waals surface area contributed by atoms with Gasteiger partial charge >= 0.3 is 13.1 Å². The van der Waals surface area contributed by atoms with Crippen LogP contribution in [0.5, 0.6) is 0 Å². The molecule has 1 aromatic rings. The number of likely N-dealkylation sites (N-methyl/N-ethyl adjacent to an activating group) is 1. The van der Waals surface area contributed by atoms with Crippen LogP contribution in [0.4, 0.5) is 0 Å². The maximum atomic E-state index is 11.2. The average molecular weight is 338 g/mol. The molecule has 2 rings (SSSR count). The monoisotopic (exact) mass is 338 g/mol. The molecule has 0 bridgehead atoms. The summed E-state index contributed by atoms with van der Waals surface area (Å²) < 4.78 is 12.1. The van der Waals surface area contributed by atoms with Crippen LogP contribution in [0.25, 0.3) is 6.08 Å². The van der Waals surface area contributed by atoms with Crippen molar-refractivity contribution in [3.05, 3.63) is 21.1 Å². The third kappa shape index (κ3) is 3.66. The zero-order valence-corrected chi connectivity index (χ0v) is 15.2. The zero-order valence-electron chi connectivity index (χ0n) is 14.4. The van der Waals surface area contributed by atoms with Gasteiger partial charge < -0.3 is 19.7 Å². The van der Waals surface area contributed by atoms with Crippen LogP contribution < -0.4 is 5.32 Å². The Morgan fingerprint density at radius 1 is 1.35 bits per heavy atom. The van der Waals surface area contributed by atoms with Crippen LogP contribution in [0.2, 0.25) is 0 Å². The molecular formula is C15H23BN2O4S. The minimum absolute atomic E-state index is 0.258. The van der Waals surface area contributed by atoms with Crippen molar-refractivity contribution >= 4 is 30.5 Å². The molecule has 0 aromatic carbocycles. The molecule has 0 saturated carbocycles. The van der Waals surface area contributed by atoms with E-state index in [1.54, 1.807) is 6.92 Å². The lowest BCUT2D eigenvalue weighted by atomic mass is 9.78. The van der Waals surface area contributed by atoms with E-state index in [-0.39, 0.29) is 4.88 Å². The minimum Gasteiger partial charge on any atom is -0.477 e. The molecule has 1 saturated heterocycles. The molecule has 1 aliphatic rings. The van der Waals surface area contributed by atoms with Gasteiger partial charge in [-0.25, -0.2) is 9.78 Å². The van der Waals surface area contributed by atoms with Gasteiger partial charge in [-0.1, -0.05) is 0 Å². The number of carbonyl (C=O) groups is 1. The molecule has 0 radical (unpaired) electrons. The lowest BCUT2D eigenvalue weighted by Gasteiger charge is -2.32. The lowest BCUT2D eigenvalue weighted by Crippen LogP contribution is -2.41. The van der Waals surface area contributed by atoms with E-state index in [0.29, 0.717) is 17.2 Å². The highest BCUT2D eigenvalue weighted by Crippen LogP contribution is 2.38. The summed E-state index contributed by atoms with van der Waals surface area (Å²) in [5.41, 5.74) is 0.564. The number of hydrogen-bond acceptors (Lipinski definition) is 6. The molecule has 0 aliphatic carbocycles. The number of hydrogen-bond donors (Lipinski definition) is 2. The van der Waals surface area contributed by atoms with Crippen LogP contribution in [0.3, 0.4) is 0 Å². The smallest absolute Gasteiger partial charge is 0.477 e. The zero-order chi connectivity index (χ0) is 17.4. The summed E-state index contributed by atoms with van der Waals surface area (Å²) in [5.74, 6) is -0.953. The van der Waals surface area contributed by atoms with Gasteiger partial charge in [-0.05, 0) is 53.2 Å². The van der Waals surface area contributed by atoms with Crippen molar-refractivity contribution in [2.24, 2.45) is 0 Å². The van der Waals surface area contributed by atoms with Crippen molar-refractivity contribution in [3.8, 4) is 0 Å². The largest absolute Gasteiger partial charge is 0.491 e. The fraction of sp³-hybridized carbons (Fsp3) is 0.600. The number of nitrogens with zero attached hydrogens (tertiary/aromatic N) is 1. The second-order valence-corrected chi connectivity index (χ2v) is 7.64. The lowest BCUT2D eigenvalue weighted by molar-refractivity contribution is 0.00578. The SMILES string of the molecule is CNCC(=Cc1nc(C)c(C(=O)O)s1)B1OC(C)(C)C(C)(C)O1. The first-order valence-electron chi connectivity index (χ1n) is 7.49. The number of aromatic carboxylic acids is 1. The van der Waals surface area contributed by atoms with E-state index in [9.17, 15) is 4.79 Å². The Hall–Kier alpha value is -1.22. The summed E-state index contributed by atoms with van der Waals surface area (Å²) in [6.45, 7) is 10.3. The van der Waals surface area contributed by atoms with Crippen molar-refractivity contribution in [3.63, 3.8) is 0 Å². The van der Waals surface area contributed by atoms with Gasteiger partial charge in [0.2, 0.25) is 0 Å². The molecule has 0 unspecified atom stereocenters. The number of aryl methyl sites for hydroxylation is 1. The van der Waals surface area contributed by atoms with Gasteiger partial charge in [0.15, 0.2) is 0 Å². The first-order chi connectivity index (χ1) is 10.6. The number of carboxylic acid groups (broad SMARTS) is 1. The van der Waals surface area contributed by atoms with Crippen molar-refractivity contribution in [2.45, 2.75) is 45.8 Å². The highest BCUT2D eigenvalue weighted by Gasteiger charge is 2.52. The fourth-order valence-corrected chi connectivity index (χ4v) is 3.12. The van der Waals surface area contributed by atoms with E-state index in [4.69, 9.17) is 14.4 Å². The van der Waals surface area contributed by atoms with Crippen LogP contribution in [0.1, 0.15) is 48.1 Å². The molecule has 8 heteroatoms. The first kappa shape index (κ1) is 18.1. The van der Waals surface area contributed by atoms with E-state index in [1.165, 1.54) is 0 Å². The Morgan fingerprint density at radius 2 is 1.91 bits per heavy atom. The van der Waals surface area contributed by atoms with Gasteiger partial charge in [-0.2, -0.15) is 0 Å². The molecule has 0 atom stereocenters. The van der Waals surface area contributed by atoms with E-state index < -0.39 is 24.3 Å². The third-order valence-electron chi connectivity index (χ3n) is 4.25. The molecule has 2 N–H and O–H groups in total. The number of aromatic nitrogens is 1. The predicted octanol–water partition coefficient (Wildman–Crippen LogP) is 2.38. The molecule has 1 aromatic heterocycles. The molecule has 23 heavy (non-hydrogen) atoms. The van der Waals surface area contributed by atoms with Gasteiger partial charge in [0.05, 0.1) is 16.9 Å². The average Bonchev–Trinajstić information content (AvgIpc) is 2.87. The summed E-state index contributed by atoms with van der Waals surface area (Å²) in [5, 5.41) is 12.9. The Labute approximate surface area is 141 Å². The summed E-state index contributed by atoms with van der Waals surface area (Å²) in [6, 6.07) is 0. The van der Waals surface area contributed by atoms with Crippen LogP contribution in [-0.2, 0) is 9.31 Å². The van der Waals surface area contributed by atoms with Gasteiger partial charge in [-0.3, -0.25) is 0 Å². The summed E-state index contributed by atoms with van der Waals surface area (Å²) >= 11 is 1.15. The minimum atomic E-state index is -0.953. The van der Waals surface area contributed by atoms with Crippen LogP contribution in [0, 0.1) is 6.92 Å². The van der Waals surface area contributed by atoms with E-state index in [0.717, 1.165) is 16.8 Å². The van der Waals surface area contributed by atoms with E-state index in [1.807, 2.05) is 40.8 Å². The molecule has 2 heterocycles. The molecule has 6 nitrogen and oxygen atoms in total. The Morgan fingerprint density at radius 3 is 2.35 bits per heavy atom. The van der Waals surface area contributed by atoms with Crippen LogP contribution >= 0.6 is 11.3 Å². The second kappa shape index (κ2) is 6.35. The number of rotatable bonds is 5. The van der Waals surface area contributed by atoms with Crippen molar-refractivity contribution < 1.29 is 19.2 Å². The fourth-order valence-electron chi connectivity index (χ4n) is 2.24. The third-order valence-corrected chi connectivity index (χ3v) is 5.35.